The van der Waals surface area contributed by atoms with Gasteiger partial charge < -0.3 is 5.32 Å². The summed E-state index contributed by atoms with van der Waals surface area (Å²) in [5, 5.41) is 8.81. The third-order valence-corrected chi connectivity index (χ3v) is 5.39. The summed E-state index contributed by atoms with van der Waals surface area (Å²) in [5.41, 5.74) is 2.63. The van der Waals surface area contributed by atoms with Crippen molar-refractivity contribution in [3.63, 3.8) is 0 Å². The first-order valence-electron chi connectivity index (χ1n) is 9.58. The lowest BCUT2D eigenvalue weighted by Gasteiger charge is -2.29. The Balaban J connectivity index is 1.50. The quantitative estimate of drug-likeness (QED) is 0.786. The Labute approximate surface area is 150 Å². The lowest BCUT2D eigenvalue weighted by Crippen LogP contribution is -2.51. The largest absolute Gasteiger partial charge is 0.335 e. The van der Waals surface area contributed by atoms with E-state index in [0.29, 0.717) is 0 Å². The Bertz CT molecular complexity index is 611. The third-order valence-electron chi connectivity index (χ3n) is 5.39. The summed E-state index contributed by atoms with van der Waals surface area (Å²) in [6, 6.07) is 8.00. The van der Waals surface area contributed by atoms with Gasteiger partial charge in [-0.25, -0.2) is 4.79 Å². The molecule has 1 fully saturated rings. The standard InChI is InChI=1S/C20H29N3O2/c1-14(19(24)23-20(25)22-16-10-3-2-4-11-16)21-18-13-7-9-15-8-5-6-12-17(15)18/h5-6,8,12,14,16,18,21H,2-4,7,9-11,13H2,1H3,(H2,22,23,24,25)/t14-,18+/m0/s1. The second-order valence-corrected chi connectivity index (χ2v) is 7.33. The molecule has 2 aliphatic rings. The van der Waals surface area contributed by atoms with Crippen LogP contribution in [0.25, 0.3) is 0 Å². The van der Waals surface area contributed by atoms with Gasteiger partial charge in [0.15, 0.2) is 0 Å². The monoisotopic (exact) mass is 343 g/mol. The van der Waals surface area contributed by atoms with Gasteiger partial charge in [-0.3, -0.25) is 15.4 Å². The smallest absolute Gasteiger partial charge is 0.321 e. The minimum Gasteiger partial charge on any atom is -0.335 e. The Morgan fingerprint density at radius 3 is 2.60 bits per heavy atom. The van der Waals surface area contributed by atoms with Gasteiger partial charge in [0.2, 0.25) is 5.91 Å². The summed E-state index contributed by atoms with van der Waals surface area (Å²) in [6.45, 7) is 1.82. The topological polar surface area (TPSA) is 70.2 Å². The van der Waals surface area contributed by atoms with Crippen LogP contribution in [0.15, 0.2) is 24.3 Å². The normalized spacial score (nSPS) is 21.9. The first kappa shape index (κ1) is 17.9. The Morgan fingerprint density at radius 2 is 1.80 bits per heavy atom. The molecule has 5 heteroatoms. The molecule has 3 rings (SSSR count). The molecule has 3 N–H and O–H groups in total. The number of carbonyl (C=O) groups is 2. The van der Waals surface area contributed by atoms with Crippen molar-refractivity contribution < 1.29 is 9.59 Å². The number of benzene rings is 1. The molecule has 1 aromatic rings. The van der Waals surface area contributed by atoms with Crippen molar-refractivity contribution in [1.29, 1.82) is 0 Å². The van der Waals surface area contributed by atoms with Crippen LogP contribution in [-0.4, -0.2) is 24.0 Å². The van der Waals surface area contributed by atoms with E-state index >= 15 is 0 Å². The molecule has 0 spiro atoms. The van der Waals surface area contributed by atoms with E-state index in [9.17, 15) is 9.59 Å². The van der Waals surface area contributed by atoms with Crippen molar-refractivity contribution in [1.82, 2.24) is 16.0 Å². The minimum absolute atomic E-state index is 0.173. The summed E-state index contributed by atoms with van der Waals surface area (Å²) in [7, 11) is 0. The number of rotatable bonds is 4. The zero-order valence-corrected chi connectivity index (χ0v) is 15.0. The molecule has 1 aromatic carbocycles. The highest BCUT2D eigenvalue weighted by Crippen LogP contribution is 2.29. The predicted octanol–water partition coefficient (Wildman–Crippen LogP) is 3.20. The number of carbonyl (C=O) groups excluding carboxylic acids is 2. The maximum atomic E-state index is 12.3. The van der Waals surface area contributed by atoms with Crippen molar-refractivity contribution in [2.45, 2.75) is 76.4 Å². The van der Waals surface area contributed by atoms with E-state index in [0.717, 1.165) is 44.9 Å². The molecule has 136 valence electrons. The average molecular weight is 343 g/mol. The van der Waals surface area contributed by atoms with Gasteiger partial charge >= 0.3 is 6.03 Å². The highest BCUT2D eigenvalue weighted by atomic mass is 16.2. The first-order chi connectivity index (χ1) is 12.1. The van der Waals surface area contributed by atoms with Crippen LogP contribution in [-0.2, 0) is 11.2 Å². The van der Waals surface area contributed by atoms with Crippen LogP contribution in [0.3, 0.4) is 0 Å². The van der Waals surface area contributed by atoms with Gasteiger partial charge in [-0.05, 0) is 50.2 Å². The van der Waals surface area contributed by atoms with Crippen LogP contribution in [0.1, 0.15) is 69.0 Å². The lowest BCUT2D eigenvalue weighted by atomic mass is 9.87. The summed E-state index contributed by atoms with van der Waals surface area (Å²) in [4.78, 5) is 24.4. The van der Waals surface area contributed by atoms with Gasteiger partial charge in [-0.1, -0.05) is 43.5 Å². The number of imide groups is 1. The van der Waals surface area contributed by atoms with Crippen LogP contribution < -0.4 is 16.0 Å². The number of nitrogens with one attached hydrogen (secondary N) is 3. The fourth-order valence-corrected chi connectivity index (χ4v) is 3.99. The van der Waals surface area contributed by atoms with E-state index in [1.54, 1.807) is 0 Å². The van der Waals surface area contributed by atoms with E-state index in [1.165, 1.54) is 17.5 Å². The highest BCUT2D eigenvalue weighted by molar-refractivity contribution is 5.96. The molecule has 0 aromatic heterocycles. The molecular weight excluding hydrogens is 314 g/mol. The summed E-state index contributed by atoms with van der Waals surface area (Å²) in [6.07, 6.45) is 8.79. The third kappa shape index (κ3) is 4.82. The fourth-order valence-electron chi connectivity index (χ4n) is 3.99. The molecule has 0 radical (unpaired) electrons. The lowest BCUT2D eigenvalue weighted by molar-refractivity contribution is -0.121. The highest BCUT2D eigenvalue weighted by Gasteiger charge is 2.25. The first-order valence-corrected chi connectivity index (χ1v) is 9.58. The SMILES string of the molecule is C[C@H](N[C@@H]1CCCc2ccccc21)C(=O)NC(=O)NC1CCCCC1. The predicted molar refractivity (Wildman–Crippen MR) is 98.3 cm³/mol. The summed E-state index contributed by atoms with van der Waals surface area (Å²) < 4.78 is 0. The molecule has 25 heavy (non-hydrogen) atoms. The molecule has 0 aliphatic heterocycles. The van der Waals surface area contributed by atoms with Gasteiger partial charge in [0, 0.05) is 12.1 Å². The van der Waals surface area contributed by atoms with Crippen LogP contribution in [0.5, 0.6) is 0 Å². The maximum absolute atomic E-state index is 12.3. The fraction of sp³-hybridized carbons (Fsp3) is 0.600. The minimum atomic E-state index is -0.409. The van der Waals surface area contributed by atoms with Crippen molar-refractivity contribution in [3.05, 3.63) is 35.4 Å². The molecule has 0 saturated heterocycles. The van der Waals surface area contributed by atoms with Gasteiger partial charge in [0.25, 0.3) is 0 Å². The number of hydrogen-bond acceptors (Lipinski definition) is 3. The Hall–Kier alpha value is -1.88. The second-order valence-electron chi connectivity index (χ2n) is 7.33. The van der Waals surface area contributed by atoms with Crippen molar-refractivity contribution in [2.24, 2.45) is 0 Å². The number of hydrogen-bond donors (Lipinski definition) is 3. The van der Waals surface area contributed by atoms with Crippen molar-refractivity contribution >= 4 is 11.9 Å². The molecule has 2 aliphatic carbocycles. The van der Waals surface area contributed by atoms with E-state index in [1.807, 2.05) is 13.0 Å². The molecule has 0 heterocycles. The molecule has 0 unspecified atom stereocenters. The maximum Gasteiger partial charge on any atom is 0.321 e. The van der Waals surface area contributed by atoms with Crippen LogP contribution in [0.4, 0.5) is 4.79 Å². The van der Waals surface area contributed by atoms with Gasteiger partial charge in [0.1, 0.15) is 0 Å². The average Bonchev–Trinajstić information content (AvgIpc) is 2.62. The van der Waals surface area contributed by atoms with Gasteiger partial charge in [0.05, 0.1) is 6.04 Å². The van der Waals surface area contributed by atoms with Crippen LogP contribution in [0.2, 0.25) is 0 Å². The number of urea groups is 1. The van der Waals surface area contributed by atoms with E-state index in [2.05, 4.69) is 34.1 Å². The van der Waals surface area contributed by atoms with Crippen LogP contribution in [0, 0.1) is 0 Å². The summed E-state index contributed by atoms with van der Waals surface area (Å²) in [5.74, 6) is -0.267. The molecule has 5 nitrogen and oxygen atoms in total. The number of amides is 3. The molecule has 3 amide bonds. The molecule has 2 atom stereocenters. The second kappa shape index (κ2) is 8.48. The number of aryl methyl sites for hydroxylation is 1. The van der Waals surface area contributed by atoms with Crippen molar-refractivity contribution in [3.8, 4) is 0 Å². The molecular formula is C20H29N3O2. The van der Waals surface area contributed by atoms with Crippen LogP contribution >= 0.6 is 0 Å². The zero-order chi connectivity index (χ0) is 17.6. The van der Waals surface area contributed by atoms with Gasteiger partial charge in [-0.15, -0.1) is 0 Å². The van der Waals surface area contributed by atoms with E-state index in [-0.39, 0.29) is 24.0 Å². The molecule has 1 saturated carbocycles. The molecule has 0 bridgehead atoms. The van der Waals surface area contributed by atoms with Gasteiger partial charge in [-0.2, -0.15) is 0 Å². The van der Waals surface area contributed by atoms with E-state index < -0.39 is 6.04 Å². The zero-order valence-electron chi connectivity index (χ0n) is 15.0. The van der Waals surface area contributed by atoms with E-state index in [4.69, 9.17) is 0 Å². The van der Waals surface area contributed by atoms with Crippen molar-refractivity contribution in [2.75, 3.05) is 0 Å². The number of fused-ring (bicyclic) bond motifs is 1. The Morgan fingerprint density at radius 1 is 1.04 bits per heavy atom. The Kier molecular flexibility index (Phi) is 6.08. The summed E-state index contributed by atoms with van der Waals surface area (Å²) >= 11 is 0.